The van der Waals surface area contributed by atoms with Crippen molar-refractivity contribution in [2.45, 2.75) is 45.8 Å². The maximum atomic E-state index is 12.5. The summed E-state index contributed by atoms with van der Waals surface area (Å²) in [5.74, 6) is 0.305. The average Bonchev–Trinajstić information content (AvgIpc) is 3.29. The van der Waals surface area contributed by atoms with Crippen LogP contribution in [0, 0.1) is 0 Å². The second-order valence-corrected chi connectivity index (χ2v) is 9.55. The van der Waals surface area contributed by atoms with Gasteiger partial charge in [0.25, 0.3) is 0 Å². The largest absolute Gasteiger partial charge is 0.387 e. The summed E-state index contributed by atoms with van der Waals surface area (Å²) in [4.78, 5) is 33.4. The molecular weight excluding hydrogens is 436 g/mol. The van der Waals surface area contributed by atoms with Crippen molar-refractivity contribution in [2.24, 2.45) is 16.5 Å². The Balaban J connectivity index is 1.45. The molecule has 1 aromatic heterocycles. The second kappa shape index (κ2) is 10.3. The van der Waals surface area contributed by atoms with Gasteiger partial charge in [-0.15, -0.1) is 11.3 Å². The molecule has 174 valence electrons. The fourth-order valence-corrected chi connectivity index (χ4v) is 5.15. The third-order valence-corrected chi connectivity index (χ3v) is 6.64. The minimum atomic E-state index is -0.0813. The number of nitrogens with two attached hydrogens (primary N) is 2. The minimum absolute atomic E-state index is 0.0667. The Morgan fingerprint density at radius 2 is 2.03 bits per heavy atom. The van der Waals surface area contributed by atoms with Crippen LogP contribution in [0.5, 0.6) is 0 Å². The number of carbonyl (C=O) groups excluding carboxylic acids is 2. The van der Waals surface area contributed by atoms with Crippen LogP contribution < -0.4 is 22.1 Å². The number of carbonyl (C=O) groups is 2. The Bertz CT molecular complexity index is 1120. The van der Waals surface area contributed by atoms with E-state index in [-0.39, 0.29) is 11.8 Å². The van der Waals surface area contributed by atoms with Crippen molar-refractivity contribution < 1.29 is 9.59 Å². The van der Waals surface area contributed by atoms with Crippen LogP contribution in [0.4, 0.5) is 11.4 Å². The van der Waals surface area contributed by atoms with Crippen LogP contribution in [0.2, 0.25) is 0 Å². The molecular formula is C24H30N6O2S. The summed E-state index contributed by atoms with van der Waals surface area (Å²) in [6.45, 7) is 5.44. The molecule has 0 spiro atoms. The maximum Gasteiger partial charge on any atom is 0.247 e. The van der Waals surface area contributed by atoms with E-state index in [1.807, 2.05) is 25.1 Å². The van der Waals surface area contributed by atoms with Gasteiger partial charge in [0, 0.05) is 61.7 Å². The smallest absolute Gasteiger partial charge is 0.247 e. The average molecular weight is 467 g/mol. The predicted molar refractivity (Wildman–Crippen MR) is 133 cm³/mol. The van der Waals surface area contributed by atoms with Gasteiger partial charge in [-0.1, -0.05) is 13.0 Å². The number of hydrogen-bond acceptors (Lipinski definition) is 7. The van der Waals surface area contributed by atoms with Gasteiger partial charge in [0.05, 0.1) is 10.6 Å². The Kier molecular flexibility index (Phi) is 7.22. The Morgan fingerprint density at radius 1 is 1.21 bits per heavy atom. The molecule has 0 unspecified atom stereocenters. The highest BCUT2D eigenvalue weighted by molar-refractivity contribution is 7.13. The number of amidine groups is 1. The molecule has 0 saturated heterocycles. The number of thiophene rings is 1. The summed E-state index contributed by atoms with van der Waals surface area (Å²) < 4.78 is 0. The third-order valence-electron chi connectivity index (χ3n) is 5.59. The fourth-order valence-electron chi connectivity index (χ4n) is 4.04. The molecule has 0 fully saturated rings. The summed E-state index contributed by atoms with van der Waals surface area (Å²) in [5, 5.41) is 5.83. The van der Waals surface area contributed by atoms with Gasteiger partial charge < -0.3 is 22.1 Å². The normalized spacial score (nSPS) is 15.2. The summed E-state index contributed by atoms with van der Waals surface area (Å²) >= 11 is 1.65. The van der Waals surface area contributed by atoms with Gasteiger partial charge in [0.1, 0.15) is 5.84 Å². The van der Waals surface area contributed by atoms with E-state index >= 15 is 0 Å². The molecule has 0 saturated carbocycles. The first-order valence-electron chi connectivity index (χ1n) is 11.2. The summed E-state index contributed by atoms with van der Waals surface area (Å²) in [6.07, 6.45) is 3.48. The number of aliphatic imine (C=N–C) groups is 1. The van der Waals surface area contributed by atoms with Crippen LogP contribution in [0.3, 0.4) is 0 Å². The van der Waals surface area contributed by atoms with Gasteiger partial charge in [0.15, 0.2) is 0 Å². The number of amides is 2. The van der Waals surface area contributed by atoms with Crippen LogP contribution >= 0.6 is 11.3 Å². The molecule has 6 N–H and O–H groups in total. The molecule has 0 atom stereocenters. The minimum Gasteiger partial charge on any atom is -0.387 e. The van der Waals surface area contributed by atoms with E-state index in [4.69, 9.17) is 11.5 Å². The lowest BCUT2D eigenvalue weighted by Crippen LogP contribution is -2.27. The quantitative estimate of drug-likeness (QED) is 0.476. The van der Waals surface area contributed by atoms with Crippen molar-refractivity contribution in [1.82, 2.24) is 10.2 Å². The Hall–Kier alpha value is -3.01. The molecule has 3 heterocycles. The Morgan fingerprint density at radius 3 is 2.82 bits per heavy atom. The van der Waals surface area contributed by atoms with Gasteiger partial charge >= 0.3 is 0 Å². The van der Waals surface area contributed by atoms with E-state index in [0.717, 1.165) is 42.3 Å². The first kappa shape index (κ1) is 23.2. The molecule has 1 aromatic carbocycles. The van der Waals surface area contributed by atoms with Crippen molar-refractivity contribution in [3.05, 3.63) is 50.7 Å². The number of hydrogen-bond donors (Lipinski definition) is 4. The number of anilines is 1. The van der Waals surface area contributed by atoms with Crippen molar-refractivity contribution in [3.63, 3.8) is 0 Å². The van der Waals surface area contributed by atoms with Crippen LogP contribution in [0.15, 0.2) is 34.8 Å². The van der Waals surface area contributed by atoms with Gasteiger partial charge in [-0.3, -0.25) is 14.5 Å². The lowest BCUT2D eigenvalue weighted by atomic mass is 10.1. The van der Waals surface area contributed by atoms with Crippen LogP contribution in [-0.4, -0.2) is 35.6 Å². The number of rotatable bonds is 8. The monoisotopic (exact) mass is 466 g/mol. The van der Waals surface area contributed by atoms with E-state index in [1.54, 1.807) is 11.3 Å². The standard InChI is InChI=1S/C24H30N6O2S/c1-2-7-27-24(32)16-9-21-20(29-22(26)10-16)11-19(33-21)14-30-12-15-3-4-18(8-17(15)13-30)28-23(31)5-6-25/h3-4,8-9,11H,2,5-7,10,12-14,25H2,1H3,(H2,26,29)(H,27,32)(H,28,31). The zero-order valence-electron chi connectivity index (χ0n) is 18.8. The van der Waals surface area contributed by atoms with Gasteiger partial charge in [0.2, 0.25) is 11.8 Å². The van der Waals surface area contributed by atoms with Crippen LogP contribution in [0.1, 0.15) is 47.1 Å². The molecule has 4 rings (SSSR count). The summed E-state index contributed by atoms with van der Waals surface area (Å²) in [5.41, 5.74) is 16.3. The highest BCUT2D eigenvalue weighted by Crippen LogP contribution is 2.36. The van der Waals surface area contributed by atoms with E-state index in [9.17, 15) is 9.59 Å². The van der Waals surface area contributed by atoms with Crippen LogP contribution in [0.25, 0.3) is 6.08 Å². The summed E-state index contributed by atoms with van der Waals surface area (Å²) in [7, 11) is 0. The van der Waals surface area contributed by atoms with E-state index in [1.165, 1.54) is 16.0 Å². The first-order chi connectivity index (χ1) is 15.9. The summed E-state index contributed by atoms with van der Waals surface area (Å²) in [6, 6.07) is 8.13. The number of fused-ring (bicyclic) bond motifs is 2. The van der Waals surface area contributed by atoms with Crippen LogP contribution in [-0.2, 0) is 29.2 Å². The number of benzene rings is 1. The molecule has 0 radical (unpaired) electrons. The van der Waals surface area contributed by atoms with E-state index < -0.39 is 0 Å². The number of nitrogens with zero attached hydrogens (tertiary/aromatic N) is 2. The van der Waals surface area contributed by atoms with Crippen molar-refractivity contribution in [2.75, 3.05) is 18.4 Å². The topological polar surface area (TPSA) is 126 Å². The molecule has 0 aliphatic carbocycles. The lowest BCUT2D eigenvalue weighted by molar-refractivity contribution is -0.117. The zero-order chi connectivity index (χ0) is 23.4. The van der Waals surface area contributed by atoms with Gasteiger partial charge in [-0.2, -0.15) is 0 Å². The number of nitrogens with one attached hydrogen (secondary N) is 2. The highest BCUT2D eigenvalue weighted by atomic mass is 32.1. The molecule has 33 heavy (non-hydrogen) atoms. The Labute approximate surface area is 197 Å². The SMILES string of the molecule is CCCNC(=O)C1=Cc2sc(CN3Cc4ccc(NC(=O)CCN)cc4C3)cc2N=C(N)C1. The molecule has 2 aliphatic heterocycles. The lowest BCUT2D eigenvalue weighted by Gasteiger charge is -2.13. The molecule has 8 nitrogen and oxygen atoms in total. The van der Waals surface area contributed by atoms with E-state index in [0.29, 0.717) is 37.3 Å². The first-order valence-corrected chi connectivity index (χ1v) is 12.1. The van der Waals surface area contributed by atoms with Gasteiger partial charge in [-0.05, 0) is 41.8 Å². The molecule has 9 heteroatoms. The molecule has 2 aromatic rings. The zero-order valence-corrected chi connectivity index (χ0v) is 19.6. The fraction of sp³-hybridized carbons (Fsp3) is 0.375. The third kappa shape index (κ3) is 5.68. The van der Waals surface area contributed by atoms with Crippen molar-refractivity contribution >= 4 is 46.4 Å². The van der Waals surface area contributed by atoms with Crippen molar-refractivity contribution in [3.8, 4) is 0 Å². The second-order valence-electron chi connectivity index (χ2n) is 8.38. The maximum absolute atomic E-state index is 12.5. The highest BCUT2D eigenvalue weighted by Gasteiger charge is 2.22. The predicted octanol–water partition coefficient (Wildman–Crippen LogP) is 2.85. The molecule has 2 aliphatic rings. The van der Waals surface area contributed by atoms with Gasteiger partial charge in [-0.25, -0.2) is 4.99 Å². The van der Waals surface area contributed by atoms with E-state index in [2.05, 4.69) is 32.7 Å². The van der Waals surface area contributed by atoms with Crippen molar-refractivity contribution in [1.29, 1.82) is 0 Å². The molecule has 2 amide bonds. The molecule has 0 bridgehead atoms.